The highest BCUT2D eigenvalue weighted by molar-refractivity contribution is 7.89. The number of hydrogen-bond acceptors (Lipinski definition) is 4. The van der Waals surface area contributed by atoms with Crippen molar-refractivity contribution in [2.75, 3.05) is 32.6 Å². The fourth-order valence-corrected chi connectivity index (χ4v) is 3.22. The monoisotopic (exact) mass is 263 g/mol. The van der Waals surface area contributed by atoms with Gasteiger partial charge in [0.05, 0.1) is 18.2 Å². The van der Waals surface area contributed by atoms with Crippen molar-refractivity contribution in [1.29, 1.82) is 5.41 Å². The third kappa shape index (κ3) is 3.40. The molecule has 0 unspecified atom stereocenters. The van der Waals surface area contributed by atoms with E-state index < -0.39 is 10.0 Å². The molecule has 1 saturated heterocycles. The highest BCUT2D eigenvalue weighted by Crippen LogP contribution is 2.31. The Morgan fingerprint density at radius 3 is 2.41 bits per heavy atom. The Hall–Kier alpha value is -0.660. The Balaban J connectivity index is 2.60. The van der Waals surface area contributed by atoms with Crippen LogP contribution in [0.3, 0.4) is 0 Å². The van der Waals surface area contributed by atoms with Gasteiger partial charge in [-0.3, -0.25) is 5.41 Å². The molecular weight excluding hydrogens is 242 g/mol. The number of nitrogens with two attached hydrogens (primary N) is 1. The van der Waals surface area contributed by atoms with Crippen molar-refractivity contribution in [3.05, 3.63) is 0 Å². The molecule has 1 aliphatic heterocycles. The SMILES string of the molecule is COCCS(=O)(=O)N1CCC(C)(C(=N)N)CC1. The summed E-state index contributed by atoms with van der Waals surface area (Å²) in [6.07, 6.45) is 1.21. The molecule has 1 rings (SSSR count). The number of rotatable bonds is 5. The van der Waals surface area contributed by atoms with E-state index >= 15 is 0 Å². The number of ether oxygens (including phenoxy) is 1. The summed E-state index contributed by atoms with van der Waals surface area (Å²) in [5.41, 5.74) is 5.18. The number of hydrogen-bond donors (Lipinski definition) is 2. The first kappa shape index (κ1) is 14.4. The first-order valence-corrected chi connectivity index (χ1v) is 7.24. The van der Waals surface area contributed by atoms with Gasteiger partial charge in [-0.1, -0.05) is 6.92 Å². The van der Waals surface area contributed by atoms with Crippen LogP contribution < -0.4 is 5.73 Å². The van der Waals surface area contributed by atoms with E-state index in [1.165, 1.54) is 11.4 Å². The number of methoxy groups -OCH3 is 1. The second-order valence-electron chi connectivity index (χ2n) is 4.68. The minimum Gasteiger partial charge on any atom is -0.387 e. The lowest BCUT2D eigenvalue weighted by atomic mass is 9.80. The van der Waals surface area contributed by atoms with Crippen LogP contribution in [-0.2, 0) is 14.8 Å². The molecule has 0 aromatic carbocycles. The van der Waals surface area contributed by atoms with Gasteiger partial charge in [0.1, 0.15) is 0 Å². The average Bonchev–Trinajstić information content (AvgIpc) is 2.27. The third-order valence-electron chi connectivity index (χ3n) is 3.42. The van der Waals surface area contributed by atoms with Crippen LogP contribution in [0, 0.1) is 10.8 Å². The molecule has 0 saturated carbocycles. The van der Waals surface area contributed by atoms with Crippen molar-refractivity contribution >= 4 is 15.9 Å². The summed E-state index contributed by atoms with van der Waals surface area (Å²) in [6.45, 7) is 2.99. The van der Waals surface area contributed by atoms with Crippen LogP contribution >= 0.6 is 0 Å². The van der Waals surface area contributed by atoms with Crippen LogP contribution in [0.15, 0.2) is 0 Å². The summed E-state index contributed by atoms with van der Waals surface area (Å²) in [5, 5.41) is 7.51. The quantitative estimate of drug-likeness (QED) is 0.539. The first-order valence-electron chi connectivity index (χ1n) is 5.63. The maximum absolute atomic E-state index is 11.9. The second kappa shape index (κ2) is 5.32. The van der Waals surface area contributed by atoms with Gasteiger partial charge in [0.25, 0.3) is 0 Å². The molecule has 17 heavy (non-hydrogen) atoms. The lowest BCUT2D eigenvalue weighted by molar-refractivity contribution is 0.210. The summed E-state index contributed by atoms with van der Waals surface area (Å²) >= 11 is 0. The van der Waals surface area contributed by atoms with Gasteiger partial charge in [0.2, 0.25) is 10.0 Å². The Morgan fingerprint density at radius 1 is 1.47 bits per heavy atom. The van der Waals surface area contributed by atoms with Crippen LogP contribution in [-0.4, -0.2) is 51.1 Å². The number of nitrogens with zero attached hydrogens (tertiary/aromatic N) is 1. The van der Waals surface area contributed by atoms with Gasteiger partial charge in [-0.05, 0) is 12.8 Å². The van der Waals surface area contributed by atoms with Gasteiger partial charge in [0.15, 0.2) is 0 Å². The predicted octanol–water partition coefficient (Wildman–Crippen LogP) is 0.000670. The minimum atomic E-state index is -3.22. The second-order valence-corrected chi connectivity index (χ2v) is 6.77. The fourth-order valence-electron chi connectivity index (χ4n) is 1.84. The van der Waals surface area contributed by atoms with Crippen molar-refractivity contribution < 1.29 is 13.2 Å². The molecule has 1 aliphatic rings. The lowest BCUT2D eigenvalue weighted by Crippen LogP contribution is -2.47. The summed E-state index contributed by atoms with van der Waals surface area (Å²) in [6, 6.07) is 0. The predicted molar refractivity (Wildman–Crippen MR) is 66.5 cm³/mol. The van der Waals surface area contributed by atoms with E-state index in [1.54, 1.807) is 0 Å². The van der Waals surface area contributed by atoms with E-state index in [0.29, 0.717) is 25.9 Å². The van der Waals surface area contributed by atoms with Crippen LogP contribution in [0.2, 0.25) is 0 Å². The molecular formula is C10H21N3O3S. The zero-order chi connectivity index (χ0) is 13.1. The van der Waals surface area contributed by atoms with Crippen molar-refractivity contribution in [1.82, 2.24) is 4.31 Å². The van der Waals surface area contributed by atoms with Crippen molar-refractivity contribution in [3.8, 4) is 0 Å². The number of piperidine rings is 1. The zero-order valence-electron chi connectivity index (χ0n) is 10.4. The summed E-state index contributed by atoms with van der Waals surface area (Å²) in [4.78, 5) is 0. The number of amidine groups is 1. The molecule has 3 N–H and O–H groups in total. The van der Waals surface area contributed by atoms with Gasteiger partial charge in [-0.15, -0.1) is 0 Å². The molecule has 0 bridgehead atoms. The van der Waals surface area contributed by atoms with E-state index in [1.807, 2.05) is 6.92 Å². The van der Waals surface area contributed by atoms with Crippen molar-refractivity contribution in [3.63, 3.8) is 0 Å². The Labute approximate surface area is 103 Å². The Kier molecular flexibility index (Phi) is 4.51. The summed E-state index contributed by atoms with van der Waals surface area (Å²) in [5.74, 6) is 0.159. The van der Waals surface area contributed by atoms with Crippen molar-refractivity contribution in [2.24, 2.45) is 11.1 Å². The molecule has 0 aromatic rings. The standard InChI is InChI=1S/C10H21N3O3S/c1-10(9(11)12)3-5-13(6-4-10)17(14,15)8-7-16-2/h3-8H2,1-2H3,(H3,11,12). The molecule has 0 amide bonds. The maximum Gasteiger partial charge on any atom is 0.216 e. The molecule has 1 heterocycles. The molecule has 6 nitrogen and oxygen atoms in total. The van der Waals surface area contributed by atoms with Gasteiger partial charge in [-0.2, -0.15) is 0 Å². The molecule has 100 valence electrons. The lowest BCUT2D eigenvalue weighted by Gasteiger charge is -2.37. The highest BCUT2D eigenvalue weighted by atomic mass is 32.2. The van der Waals surface area contributed by atoms with Gasteiger partial charge < -0.3 is 10.5 Å². The third-order valence-corrected chi connectivity index (χ3v) is 5.25. The maximum atomic E-state index is 11.9. The number of nitrogens with one attached hydrogen (secondary N) is 1. The molecule has 0 spiro atoms. The molecule has 0 radical (unpaired) electrons. The highest BCUT2D eigenvalue weighted by Gasteiger charge is 2.36. The normalized spacial score (nSPS) is 21.3. The Morgan fingerprint density at radius 2 is 2.00 bits per heavy atom. The summed E-state index contributed by atoms with van der Waals surface area (Å²) < 4.78 is 30.0. The largest absolute Gasteiger partial charge is 0.387 e. The molecule has 1 fully saturated rings. The average molecular weight is 263 g/mol. The topological polar surface area (TPSA) is 96.5 Å². The molecule has 0 atom stereocenters. The molecule has 0 aromatic heterocycles. The minimum absolute atomic E-state index is 0.0142. The fraction of sp³-hybridized carbons (Fsp3) is 0.900. The van der Waals surface area contributed by atoms with Crippen LogP contribution in [0.4, 0.5) is 0 Å². The van der Waals surface area contributed by atoms with Crippen LogP contribution in [0.1, 0.15) is 19.8 Å². The van der Waals surface area contributed by atoms with E-state index in [4.69, 9.17) is 15.9 Å². The van der Waals surface area contributed by atoms with Gasteiger partial charge in [-0.25, -0.2) is 12.7 Å². The Bertz CT molecular complexity index is 372. The smallest absolute Gasteiger partial charge is 0.216 e. The van der Waals surface area contributed by atoms with Gasteiger partial charge >= 0.3 is 0 Å². The molecule has 0 aliphatic carbocycles. The van der Waals surface area contributed by atoms with Crippen LogP contribution in [0.5, 0.6) is 0 Å². The van der Waals surface area contributed by atoms with E-state index in [-0.39, 0.29) is 23.6 Å². The van der Waals surface area contributed by atoms with Crippen molar-refractivity contribution in [2.45, 2.75) is 19.8 Å². The molecule has 7 heteroatoms. The first-order chi connectivity index (χ1) is 7.82. The van der Waals surface area contributed by atoms with E-state index in [2.05, 4.69) is 0 Å². The van der Waals surface area contributed by atoms with Crippen LogP contribution in [0.25, 0.3) is 0 Å². The van der Waals surface area contributed by atoms with E-state index in [0.717, 1.165) is 0 Å². The van der Waals surface area contributed by atoms with Gasteiger partial charge in [0, 0.05) is 25.6 Å². The van der Waals surface area contributed by atoms with E-state index in [9.17, 15) is 8.42 Å². The zero-order valence-corrected chi connectivity index (χ0v) is 11.2. The summed E-state index contributed by atoms with van der Waals surface area (Å²) in [7, 11) is -1.74. The number of sulfonamides is 1.